The van der Waals surface area contributed by atoms with Crippen LogP contribution >= 0.6 is 0 Å². The van der Waals surface area contributed by atoms with Crippen molar-refractivity contribution in [3.8, 4) is 17.2 Å². The highest BCUT2D eigenvalue weighted by atomic mass is 16.5. The van der Waals surface area contributed by atoms with Crippen molar-refractivity contribution in [2.75, 3.05) is 19.0 Å². The summed E-state index contributed by atoms with van der Waals surface area (Å²) >= 11 is 0. The zero-order valence-corrected chi connectivity index (χ0v) is 17.5. The molecule has 0 saturated carbocycles. The molecule has 0 spiro atoms. The molecule has 1 amide bonds. The van der Waals surface area contributed by atoms with Crippen LogP contribution in [0.4, 0.5) is 5.69 Å². The average molecular weight is 400 g/mol. The van der Waals surface area contributed by atoms with Crippen molar-refractivity contribution >= 4 is 11.6 Å². The molecule has 1 heterocycles. The topological polar surface area (TPSA) is 88.0 Å². The maximum Gasteiger partial charge on any atom is 0.262 e. The molecule has 3 rings (SSSR count). The molecule has 0 radical (unpaired) electrons. The first-order chi connectivity index (χ1) is 13.3. The summed E-state index contributed by atoms with van der Waals surface area (Å²) in [4.78, 5) is 11.5. The first kappa shape index (κ1) is 22.6. The third kappa shape index (κ3) is 5.64. The highest BCUT2D eigenvalue weighted by molar-refractivity contribution is 5.96. The van der Waals surface area contributed by atoms with Gasteiger partial charge in [-0.1, -0.05) is 26.0 Å². The molecule has 1 aliphatic rings. The summed E-state index contributed by atoms with van der Waals surface area (Å²) in [5, 5.41) is 23.4. The van der Waals surface area contributed by atoms with Gasteiger partial charge in [0, 0.05) is 11.6 Å². The number of aliphatic hydroxyl groups excluding tert-OH is 1. The predicted molar refractivity (Wildman–Crippen MR) is 113 cm³/mol. The number of amides is 1. The smallest absolute Gasteiger partial charge is 0.262 e. The number of phenolic OH excluding ortho intramolecular Hbond substituents is 1. The molecule has 0 saturated heterocycles. The second-order valence-corrected chi connectivity index (χ2v) is 7.99. The highest BCUT2D eigenvalue weighted by Crippen LogP contribution is 2.41. The minimum absolute atomic E-state index is 0. The summed E-state index contributed by atoms with van der Waals surface area (Å²) in [6, 6.07) is 10.9. The van der Waals surface area contributed by atoms with E-state index in [-0.39, 0.29) is 31.1 Å². The molecule has 1 unspecified atom stereocenters. The number of aromatic hydroxyl groups is 1. The lowest BCUT2D eigenvalue weighted by atomic mass is 9.80. The number of hydrogen-bond acceptors (Lipinski definition) is 5. The van der Waals surface area contributed by atoms with Gasteiger partial charge in [-0.15, -0.1) is 0 Å². The molecule has 0 fully saturated rings. The number of carbonyl (C=O) groups is 1. The molecule has 158 valence electrons. The van der Waals surface area contributed by atoms with E-state index in [9.17, 15) is 15.0 Å². The van der Waals surface area contributed by atoms with Crippen LogP contribution in [0.2, 0.25) is 0 Å². The summed E-state index contributed by atoms with van der Waals surface area (Å²) in [7, 11) is 1.65. The maximum atomic E-state index is 11.5. The minimum Gasteiger partial charge on any atom is -0.508 e. The molecule has 3 N–H and O–H groups in total. The van der Waals surface area contributed by atoms with Gasteiger partial charge in [0.2, 0.25) is 0 Å². The minimum atomic E-state index is -0.800. The van der Waals surface area contributed by atoms with E-state index in [2.05, 4.69) is 31.3 Å². The second-order valence-electron chi connectivity index (χ2n) is 7.99. The summed E-state index contributed by atoms with van der Waals surface area (Å²) in [6.07, 6.45) is 1.35. The van der Waals surface area contributed by atoms with E-state index in [1.165, 1.54) is 17.7 Å². The number of fused-ring (bicyclic) bond motifs is 1. The summed E-state index contributed by atoms with van der Waals surface area (Å²) in [5.74, 6) is 0.964. The Balaban J connectivity index is 0.00000300. The zero-order valence-electron chi connectivity index (χ0n) is 17.5. The number of benzene rings is 2. The van der Waals surface area contributed by atoms with E-state index < -0.39 is 6.10 Å². The van der Waals surface area contributed by atoms with E-state index in [1.807, 2.05) is 12.1 Å². The van der Waals surface area contributed by atoms with Crippen LogP contribution in [0.15, 0.2) is 36.4 Å². The molecule has 1 aliphatic heterocycles. The number of nitrogens with one attached hydrogen (secondary N) is 1. The lowest BCUT2D eigenvalue weighted by Gasteiger charge is -2.28. The molecule has 6 nitrogen and oxygen atoms in total. The Bertz CT molecular complexity index is 845. The number of carbonyl (C=O) groups excluding carboxylic acids is 1. The van der Waals surface area contributed by atoms with Crippen molar-refractivity contribution in [3.05, 3.63) is 55.0 Å². The summed E-state index contributed by atoms with van der Waals surface area (Å²) in [6.45, 7) is 4.23. The Morgan fingerprint density at radius 3 is 2.59 bits per heavy atom. The highest BCUT2D eigenvalue weighted by Gasteiger charge is 2.26. The fourth-order valence-electron chi connectivity index (χ4n) is 3.53. The molecular formula is C23H30NO5-. The Hall–Kier alpha value is -2.73. The molecule has 0 bridgehead atoms. The van der Waals surface area contributed by atoms with Gasteiger partial charge in [-0.2, -0.15) is 0 Å². The van der Waals surface area contributed by atoms with E-state index in [0.717, 1.165) is 18.6 Å². The number of hydrogen-bond donors (Lipinski definition) is 3. The van der Waals surface area contributed by atoms with Gasteiger partial charge < -0.3 is 32.4 Å². The van der Waals surface area contributed by atoms with Crippen LogP contribution in [-0.2, 0) is 11.2 Å². The molecule has 1 atom stereocenters. The van der Waals surface area contributed by atoms with Gasteiger partial charge >= 0.3 is 0 Å². The lowest BCUT2D eigenvalue weighted by molar-refractivity contribution is -0.118. The third-order valence-electron chi connectivity index (χ3n) is 5.02. The Labute approximate surface area is 172 Å². The van der Waals surface area contributed by atoms with Gasteiger partial charge in [0.05, 0.1) is 18.9 Å². The van der Waals surface area contributed by atoms with Crippen molar-refractivity contribution in [3.63, 3.8) is 0 Å². The van der Waals surface area contributed by atoms with Crippen LogP contribution in [0.5, 0.6) is 17.2 Å². The SMILES string of the molecule is COc1ccc(CC(C)(C)CCC(O)c2cc(O)cc3c2OCC(=O)N3)cc1.[CH3-]. The van der Waals surface area contributed by atoms with Crippen molar-refractivity contribution in [2.45, 2.75) is 39.2 Å². The van der Waals surface area contributed by atoms with Crippen molar-refractivity contribution in [1.29, 1.82) is 0 Å². The monoisotopic (exact) mass is 400 g/mol. The quantitative estimate of drug-likeness (QED) is 0.604. The number of aliphatic hydroxyl groups is 1. The Morgan fingerprint density at radius 2 is 1.93 bits per heavy atom. The zero-order chi connectivity index (χ0) is 20.3. The summed E-state index contributed by atoms with van der Waals surface area (Å²) < 4.78 is 10.7. The van der Waals surface area contributed by atoms with Crippen LogP contribution in [-0.4, -0.2) is 29.8 Å². The maximum absolute atomic E-state index is 11.5. The van der Waals surface area contributed by atoms with Gasteiger partial charge in [0.25, 0.3) is 5.91 Å². The molecule has 6 heteroatoms. The fourth-order valence-corrected chi connectivity index (χ4v) is 3.53. The molecule has 0 aliphatic carbocycles. The fraction of sp³-hybridized carbons (Fsp3) is 0.391. The summed E-state index contributed by atoms with van der Waals surface area (Å²) in [5.41, 5.74) is 2.07. The van der Waals surface area contributed by atoms with Gasteiger partial charge in [0.1, 0.15) is 17.2 Å². The molecule has 0 aromatic heterocycles. The van der Waals surface area contributed by atoms with Crippen LogP contribution < -0.4 is 14.8 Å². The van der Waals surface area contributed by atoms with Gasteiger partial charge in [-0.3, -0.25) is 4.79 Å². The Kier molecular flexibility index (Phi) is 7.14. The molecular weight excluding hydrogens is 370 g/mol. The van der Waals surface area contributed by atoms with E-state index in [1.54, 1.807) is 7.11 Å². The third-order valence-corrected chi connectivity index (χ3v) is 5.02. The number of anilines is 1. The standard InChI is InChI=1S/C22H27NO5.CH3/c1-22(2,12-14-4-6-16(27-3)7-5-14)9-8-19(25)17-10-15(24)11-18-21(17)28-13-20(26)23-18;/h4-7,10-11,19,24-25H,8-9,12-13H2,1-3H3,(H,23,26);1H3/q;-1. The normalized spacial score (nSPS) is 14.1. The first-order valence-electron chi connectivity index (χ1n) is 9.38. The van der Waals surface area contributed by atoms with Gasteiger partial charge in [-0.05, 0) is 48.4 Å². The van der Waals surface area contributed by atoms with Crippen LogP contribution in [0.25, 0.3) is 0 Å². The van der Waals surface area contributed by atoms with E-state index in [0.29, 0.717) is 23.4 Å². The van der Waals surface area contributed by atoms with E-state index in [4.69, 9.17) is 9.47 Å². The predicted octanol–water partition coefficient (Wildman–Crippen LogP) is 4.26. The first-order valence-corrected chi connectivity index (χ1v) is 9.38. The molecule has 2 aromatic carbocycles. The van der Waals surface area contributed by atoms with Crippen LogP contribution in [0.3, 0.4) is 0 Å². The van der Waals surface area contributed by atoms with Crippen molar-refractivity contribution in [2.24, 2.45) is 5.41 Å². The number of phenols is 1. The number of ether oxygens (including phenoxy) is 2. The van der Waals surface area contributed by atoms with Gasteiger partial charge in [0.15, 0.2) is 6.61 Å². The largest absolute Gasteiger partial charge is 0.508 e. The molecule has 2 aromatic rings. The van der Waals surface area contributed by atoms with Crippen LogP contribution in [0, 0.1) is 12.8 Å². The Morgan fingerprint density at radius 1 is 1.24 bits per heavy atom. The average Bonchev–Trinajstić information content (AvgIpc) is 2.65. The number of methoxy groups -OCH3 is 1. The lowest BCUT2D eigenvalue weighted by Crippen LogP contribution is -2.26. The van der Waals surface area contributed by atoms with Crippen molar-refractivity contribution < 1.29 is 24.5 Å². The van der Waals surface area contributed by atoms with Crippen LogP contribution in [0.1, 0.15) is 43.9 Å². The van der Waals surface area contributed by atoms with Gasteiger partial charge in [-0.25, -0.2) is 0 Å². The molecule has 29 heavy (non-hydrogen) atoms. The number of rotatable bonds is 7. The van der Waals surface area contributed by atoms with Crippen molar-refractivity contribution in [1.82, 2.24) is 0 Å². The van der Waals surface area contributed by atoms with E-state index >= 15 is 0 Å². The second kappa shape index (κ2) is 9.18.